The summed E-state index contributed by atoms with van der Waals surface area (Å²) in [7, 11) is 0. The molecule has 1 aromatic carbocycles. The summed E-state index contributed by atoms with van der Waals surface area (Å²) in [5.41, 5.74) is 7.00. The summed E-state index contributed by atoms with van der Waals surface area (Å²) in [5.74, 6) is -3.60. The largest absolute Gasteiger partial charge is 0.508 e. The highest BCUT2D eigenvalue weighted by Gasteiger charge is 2.28. The molecule has 13 nitrogen and oxygen atoms in total. The Labute approximate surface area is 194 Å². The van der Waals surface area contributed by atoms with Gasteiger partial charge in [-0.2, -0.15) is 0 Å². The highest BCUT2D eigenvalue weighted by molar-refractivity contribution is 5.93. The Bertz CT molecular complexity index is 978. The van der Waals surface area contributed by atoms with Crippen molar-refractivity contribution in [2.24, 2.45) is 5.73 Å². The molecule has 13 heteroatoms. The first-order valence-corrected chi connectivity index (χ1v) is 10.4. The van der Waals surface area contributed by atoms with Crippen molar-refractivity contribution in [3.8, 4) is 5.75 Å². The Morgan fingerprint density at radius 2 is 1.76 bits per heavy atom. The number of nitrogens with zero attached hydrogens (tertiary/aromatic N) is 1. The van der Waals surface area contributed by atoms with Crippen molar-refractivity contribution in [3.05, 3.63) is 48.0 Å². The number of aliphatic carboxylic acids is 1. The zero-order valence-electron chi connectivity index (χ0n) is 18.4. The van der Waals surface area contributed by atoms with Gasteiger partial charge in [0.1, 0.15) is 17.8 Å². The van der Waals surface area contributed by atoms with Crippen molar-refractivity contribution >= 4 is 23.7 Å². The minimum atomic E-state index is -1.39. The van der Waals surface area contributed by atoms with Crippen LogP contribution in [0.2, 0.25) is 0 Å². The molecule has 0 radical (unpaired) electrons. The van der Waals surface area contributed by atoms with Crippen LogP contribution in [0.5, 0.6) is 5.75 Å². The zero-order valence-corrected chi connectivity index (χ0v) is 18.4. The summed E-state index contributed by atoms with van der Waals surface area (Å²) in [4.78, 5) is 55.1. The molecular formula is C21H28N6O7. The second-order valence-corrected chi connectivity index (χ2v) is 7.66. The second-order valence-electron chi connectivity index (χ2n) is 7.66. The number of nitrogens with two attached hydrogens (primary N) is 1. The Kier molecular flexibility index (Phi) is 9.52. The van der Waals surface area contributed by atoms with Crippen LogP contribution in [0, 0.1) is 0 Å². The molecule has 0 fully saturated rings. The molecule has 0 saturated carbocycles. The van der Waals surface area contributed by atoms with Gasteiger partial charge in [-0.25, -0.2) is 9.78 Å². The molecule has 2 aromatic rings. The lowest BCUT2D eigenvalue weighted by atomic mass is 10.1. The van der Waals surface area contributed by atoms with Crippen molar-refractivity contribution in [2.45, 2.75) is 44.0 Å². The van der Waals surface area contributed by atoms with E-state index < -0.39 is 54.5 Å². The molecule has 184 valence electrons. The van der Waals surface area contributed by atoms with Crippen LogP contribution in [0.4, 0.5) is 0 Å². The fourth-order valence-corrected chi connectivity index (χ4v) is 2.98. The van der Waals surface area contributed by atoms with E-state index in [2.05, 4.69) is 25.9 Å². The number of aromatic amines is 1. The van der Waals surface area contributed by atoms with Gasteiger partial charge in [0.25, 0.3) is 0 Å². The van der Waals surface area contributed by atoms with Gasteiger partial charge < -0.3 is 42.0 Å². The van der Waals surface area contributed by atoms with E-state index in [0.29, 0.717) is 11.3 Å². The first kappa shape index (κ1) is 26.3. The Balaban J connectivity index is 1.88. The standard InChI is InChI=1S/C21H28N6O7/c1-11(28)18(27-19(31)15(22)7-13-8-23-10-25-13)20(32)24-9-17(30)26-16(21(33)34)6-12-2-4-14(29)5-3-12/h2-5,8,10-11,15-16,18,28-29H,6-7,9,22H2,1H3,(H,23,25)(H,24,32)(H,26,30)(H,27,31)(H,33,34). The second kappa shape index (κ2) is 12.3. The van der Waals surface area contributed by atoms with Crippen molar-refractivity contribution in [2.75, 3.05) is 6.54 Å². The van der Waals surface area contributed by atoms with E-state index in [0.717, 1.165) is 0 Å². The van der Waals surface area contributed by atoms with Crippen molar-refractivity contribution < 1.29 is 34.5 Å². The third-order valence-electron chi connectivity index (χ3n) is 4.83. The molecule has 0 aliphatic carbocycles. The van der Waals surface area contributed by atoms with E-state index in [1.165, 1.54) is 43.7 Å². The molecule has 9 N–H and O–H groups in total. The lowest BCUT2D eigenvalue weighted by molar-refractivity contribution is -0.141. The first-order chi connectivity index (χ1) is 16.1. The van der Waals surface area contributed by atoms with Crippen LogP contribution < -0.4 is 21.7 Å². The number of carbonyl (C=O) groups excluding carboxylic acids is 3. The van der Waals surface area contributed by atoms with Crippen molar-refractivity contribution in [1.82, 2.24) is 25.9 Å². The van der Waals surface area contributed by atoms with Crippen molar-refractivity contribution in [1.29, 1.82) is 0 Å². The number of aromatic hydroxyl groups is 1. The van der Waals surface area contributed by atoms with E-state index >= 15 is 0 Å². The van der Waals surface area contributed by atoms with Gasteiger partial charge in [0.2, 0.25) is 17.7 Å². The first-order valence-electron chi connectivity index (χ1n) is 10.4. The van der Waals surface area contributed by atoms with E-state index in [1.807, 2.05) is 0 Å². The van der Waals surface area contributed by atoms with Gasteiger partial charge >= 0.3 is 5.97 Å². The zero-order chi connectivity index (χ0) is 25.3. The predicted molar refractivity (Wildman–Crippen MR) is 118 cm³/mol. The van der Waals surface area contributed by atoms with Gasteiger partial charge in [0.05, 0.1) is 25.0 Å². The number of carbonyl (C=O) groups is 4. The lowest BCUT2D eigenvalue weighted by Gasteiger charge is -2.23. The SMILES string of the molecule is CC(O)C(NC(=O)C(N)Cc1cnc[nH]1)C(=O)NCC(=O)NC(Cc1ccc(O)cc1)C(=O)O. The number of hydrogen-bond acceptors (Lipinski definition) is 8. The number of amides is 3. The van der Waals surface area contributed by atoms with Crippen molar-refractivity contribution in [3.63, 3.8) is 0 Å². The third kappa shape index (κ3) is 8.18. The maximum Gasteiger partial charge on any atom is 0.326 e. The summed E-state index contributed by atoms with van der Waals surface area (Å²) < 4.78 is 0. The molecule has 4 unspecified atom stereocenters. The fourth-order valence-electron chi connectivity index (χ4n) is 2.98. The molecule has 4 atom stereocenters. The summed E-state index contributed by atoms with van der Waals surface area (Å²) in [6, 6.07) is 2.14. The van der Waals surface area contributed by atoms with Gasteiger partial charge in [-0.1, -0.05) is 12.1 Å². The number of H-pyrrole nitrogens is 1. The van der Waals surface area contributed by atoms with Crippen LogP contribution in [-0.4, -0.2) is 79.8 Å². The molecule has 0 spiro atoms. The van der Waals surface area contributed by atoms with Crippen LogP contribution in [0.3, 0.4) is 0 Å². The molecule has 0 aliphatic heterocycles. The Morgan fingerprint density at radius 1 is 1.09 bits per heavy atom. The van der Waals surface area contributed by atoms with E-state index in [-0.39, 0.29) is 18.6 Å². The summed E-state index contributed by atoms with van der Waals surface area (Å²) in [5, 5.41) is 35.5. The number of rotatable bonds is 12. The normalized spacial score (nSPS) is 14.3. The highest BCUT2D eigenvalue weighted by atomic mass is 16.4. The molecule has 2 rings (SSSR count). The fraction of sp³-hybridized carbons (Fsp3) is 0.381. The summed E-state index contributed by atoms with van der Waals surface area (Å²) in [6.45, 7) is 0.695. The molecule has 0 bridgehead atoms. The van der Waals surface area contributed by atoms with Crippen LogP contribution in [0.25, 0.3) is 0 Å². The average Bonchev–Trinajstić information content (AvgIpc) is 3.29. The highest BCUT2D eigenvalue weighted by Crippen LogP contribution is 2.11. The van der Waals surface area contributed by atoms with Gasteiger partial charge in [-0.15, -0.1) is 0 Å². The van der Waals surface area contributed by atoms with E-state index in [1.54, 1.807) is 0 Å². The molecule has 3 amide bonds. The van der Waals surface area contributed by atoms with Crippen LogP contribution in [0.15, 0.2) is 36.8 Å². The smallest absolute Gasteiger partial charge is 0.326 e. The molecule has 1 aromatic heterocycles. The molecule has 34 heavy (non-hydrogen) atoms. The number of aliphatic hydroxyl groups is 1. The minimum Gasteiger partial charge on any atom is -0.508 e. The number of aromatic nitrogens is 2. The van der Waals surface area contributed by atoms with Gasteiger partial charge in [-0.05, 0) is 24.6 Å². The number of phenolic OH excluding ortho intramolecular Hbond substituents is 1. The molecule has 0 aliphatic rings. The summed E-state index contributed by atoms with van der Waals surface area (Å²) >= 11 is 0. The lowest BCUT2D eigenvalue weighted by Crippen LogP contribution is -2.57. The Morgan fingerprint density at radius 3 is 2.32 bits per heavy atom. The van der Waals surface area contributed by atoms with E-state index in [9.17, 15) is 34.5 Å². The molecule has 1 heterocycles. The maximum absolute atomic E-state index is 12.4. The number of carboxylic acid groups (broad SMARTS) is 1. The van der Waals surface area contributed by atoms with Crippen LogP contribution in [-0.2, 0) is 32.0 Å². The number of aliphatic hydroxyl groups excluding tert-OH is 1. The molecule has 0 saturated heterocycles. The van der Waals surface area contributed by atoms with Crippen LogP contribution in [0.1, 0.15) is 18.2 Å². The predicted octanol–water partition coefficient (Wildman–Crippen LogP) is -2.22. The minimum absolute atomic E-state index is 0.0180. The number of carboxylic acids is 1. The quantitative estimate of drug-likeness (QED) is 0.166. The van der Waals surface area contributed by atoms with Gasteiger partial charge in [0.15, 0.2) is 0 Å². The number of hydrogen-bond donors (Lipinski definition) is 8. The average molecular weight is 476 g/mol. The monoisotopic (exact) mass is 476 g/mol. The maximum atomic E-state index is 12.4. The number of imidazole rings is 1. The number of benzene rings is 1. The Hall–Kier alpha value is -3.97. The number of nitrogens with one attached hydrogen (secondary N) is 4. The topological polar surface area (TPSA) is 220 Å². The summed E-state index contributed by atoms with van der Waals surface area (Å²) in [6.07, 6.45) is 1.70. The number of phenols is 1. The van der Waals surface area contributed by atoms with Gasteiger partial charge in [-0.3, -0.25) is 14.4 Å². The van der Waals surface area contributed by atoms with Gasteiger partial charge in [0, 0.05) is 24.7 Å². The van der Waals surface area contributed by atoms with Crippen LogP contribution >= 0.6 is 0 Å². The van der Waals surface area contributed by atoms with E-state index in [4.69, 9.17) is 5.73 Å². The molecular weight excluding hydrogens is 448 g/mol. The third-order valence-corrected chi connectivity index (χ3v) is 4.83.